The van der Waals surface area contributed by atoms with E-state index in [-0.39, 0.29) is 0 Å². The Kier molecular flexibility index (Phi) is 11.7. The van der Waals surface area contributed by atoms with E-state index in [1.807, 2.05) is 59.0 Å². The number of allylic oxidation sites excluding steroid dienone is 6. The first-order chi connectivity index (χ1) is 11.2. The molecule has 2 radical (unpaired) electrons. The van der Waals surface area contributed by atoms with Gasteiger partial charge in [-0.15, -0.1) is 0 Å². The monoisotopic (exact) mass is 307 g/mol. The highest BCUT2D eigenvalue weighted by Gasteiger charge is 2.11. The second-order valence-electron chi connectivity index (χ2n) is 4.74. The Morgan fingerprint density at radius 1 is 1.17 bits per heavy atom. The Morgan fingerprint density at radius 3 is 2.43 bits per heavy atom. The van der Waals surface area contributed by atoms with Crippen LogP contribution in [0.4, 0.5) is 0 Å². The van der Waals surface area contributed by atoms with E-state index in [2.05, 4.69) is 42.3 Å². The number of nitrogens with zero attached hydrogens (tertiary/aromatic N) is 1. The van der Waals surface area contributed by atoms with Gasteiger partial charge in [-0.3, -0.25) is 4.99 Å². The van der Waals surface area contributed by atoms with Crippen molar-refractivity contribution in [3.63, 3.8) is 0 Å². The molecule has 0 amide bonds. The van der Waals surface area contributed by atoms with Gasteiger partial charge in [0.15, 0.2) is 0 Å². The Balaban J connectivity index is 0.00000112. The number of hydrogen-bond donors (Lipinski definition) is 0. The van der Waals surface area contributed by atoms with Crippen LogP contribution >= 0.6 is 0 Å². The van der Waals surface area contributed by atoms with E-state index < -0.39 is 0 Å². The molecule has 0 aromatic heterocycles. The minimum absolute atomic E-state index is 0.407. The molecule has 1 aromatic carbocycles. The van der Waals surface area contributed by atoms with Crippen molar-refractivity contribution in [2.45, 2.75) is 48.0 Å². The third-order valence-corrected chi connectivity index (χ3v) is 3.22. The molecule has 1 unspecified atom stereocenters. The van der Waals surface area contributed by atoms with Crippen LogP contribution in [0.1, 0.15) is 47.1 Å². The summed E-state index contributed by atoms with van der Waals surface area (Å²) < 4.78 is 0. The maximum absolute atomic E-state index is 5.83. The van der Waals surface area contributed by atoms with Crippen molar-refractivity contribution >= 4 is 19.5 Å². The van der Waals surface area contributed by atoms with Crippen molar-refractivity contribution in [1.82, 2.24) is 0 Å². The predicted molar refractivity (Wildman–Crippen MR) is 107 cm³/mol. The fourth-order valence-corrected chi connectivity index (χ4v) is 2.28. The molecule has 2 rings (SSSR count). The quantitative estimate of drug-likeness (QED) is 0.539. The first-order valence-corrected chi connectivity index (χ1v) is 8.61. The molecular weight excluding hydrogens is 277 g/mol. The highest BCUT2D eigenvalue weighted by atomic mass is 14.7. The molecule has 122 valence electrons. The molecule has 0 heterocycles. The molecule has 2 heteroatoms. The second kappa shape index (κ2) is 12.7. The van der Waals surface area contributed by atoms with Crippen LogP contribution in [0.25, 0.3) is 0 Å². The molecule has 0 saturated heterocycles. The van der Waals surface area contributed by atoms with Gasteiger partial charge in [-0.1, -0.05) is 88.7 Å². The van der Waals surface area contributed by atoms with Gasteiger partial charge in [-0.25, -0.2) is 0 Å². The summed E-state index contributed by atoms with van der Waals surface area (Å²) in [6.07, 6.45) is 11.2. The molecule has 1 aliphatic carbocycles. The lowest BCUT2D eigenvalue weighted by Gasteiger charge is -2.16. The summed E-state index contributed by atoms with van der Waals surface area (Å²) in [5, 5.41) is 0. The van der Waals surface area contributed by atoms with Crippen molar-refractivity contribution < 1.29 is 0 Å². The third-order valence-electron chi connectivity index (χ3n) is 3.22. The molecule has 1 nitrogen and oxygen atoms in total. The van der Waals surface area contributed by atoms with Gasteiger partial charge >= 0.3 is 0 Å². The van der Waals surface area contributed by atoms with Gasteiger partial charge in [-0.2, -0.15) is 0 Å². The zero-order valence-corrected chi connectivity index (χ0v) is 15.5. The molecule has 1 aromatic rings. The normalized spacial score (nSPS) is 17.9. The van der Waals surface area contributed by atoms with E-state index in [9.17, 15) is 0 Å². The molecule has 0 saturated carbocycles. The van der Waals surface area contributed by atoms with E-state index in [1.165, 1.54) is 11.1 Å². The molecular formula is C21H30BN. The third kappa shape index (κ3) is 7.32. The van der Waals surface area contributed by atoms with Crippen molar-refractivity contribution in [2.24, 2.45) is 10.9 Å². The summed E-state index contributed by atoms with van der Waals surface area (Å²) in [7, 11) is 5.83. The van der Waals surface area contributed by atoms with Gasteiger partial charge in [0.05, 0.1) is 0 Å². The summed E-state index contributed by atoms with van der Waals surface area (Å²) in [6.45, 7) is 12.1. The number of aliphatic imine (C=N–C) groups is 1. The van der Waals surface area contributed by atoms with Crippen LogP contribution in [-0.4, -0.2) is 14.1 Å². The summed E-state index contributed by atoms with van der Waals surface area (Å²) in [5.74, 6) is 0.407. The lowest BCUT2D eigenvalue weighted by atomic mass is 9.90. The average Bonchev–Trinajstić information content (AvgIpc) is 2.59. The zero-order chi connectivity index (χ0) is 17.7. The van der Waals surface area contributed by atoms with Gasteiger partial charge in [-0.05, 0) is 18.1 Å². The molecule has 1 aliphatic rings. The van der Waals surface area contributed by atoms with Crippen molar-refractivity contribution in [3.05, 3.63) is 65.4 Å². The Morgan fingerprint density at radius 2 is 1.87 bits per heavy atom. The highest BCUT2D eigenvalue weighted by molar-refractivity contribution is 6.32. The van der Waals surface area contributed by atoms with E-state index in [0.29, 0.717) is 5.92 Å². The van der Waals surface area contributed by atoms with Gasteiger partial charge in [0.1, 0.15) is 7.85 Å². The van der Waals surface area contributed by atoms with E-state index in [0.717, 1.165) is 17.6 Å². The molecule has 23 heavy (non-hydrogen) atoms. The van der Waals surface area contributed by atoms with Gasteiger partial charge in [0.25, 0.3) is 0 Å². The van der Waals surface area contributed by atoms with Crippen LogP contribution in [0.3, 0.4) is 0 Å². The standard InChI is InChI=1S/C17H18BN.2C2H6/c1-3-19-17(16-10-5-4-7-13(16)2)12-14-8-6-9-15(18)11-14;2*1-2/h3-11,13H,12H2,1-2H3;2*1-2H3/b17-16-,19-3?;;. The maximum atomic E-state index is 5.83. The number of hydrogen-bond acceptors (Lipinski definition) is 1. The first kappa shape index (κ1) is 21.2. The summed E-state index contributed by atoms with van der Waals surface area (Å²) >= 11 is 0. The molecule has 0 aliphatic heterocycles. The number of benzene rings is 1. The van der Waals surface area contributed by atoms with Crippen LogP contribution in [0.2, 0.25) is 0 Å². The Hall–Kier alpha value is -1.83. The second-order valence-corrected chi connectivity index (χ2v) is 4.74. The largest absolute Gasteiger partial charge is 0.265 e. The van der Waals surface area contributed by atoms with Crippen LogP contribution in [-0.2, 0) is 6.42 Å². The minimum Gasteiger partial charge on any atom is -0.265 e. The van der Waals surface area contributed by atoms with Crippen LogP contribution < -0.4 is 5.46 Å². The minimum atomic E-state index is 0.407. The summed E-state index contributed by atoms with van der Waals surface area (Å²) in [5.41, 5.74) is 4.39. The molecule has 0 N–H and O–H groups in total. The Bertz CT molecular complexity index is 565. The zero-order valence-electron chi connectivity index (χ0n) is 15.5. The maximum Gasteiger partial charge on any atom is 0.113 e. The lowest BCUT2D eigenvalue weighted by Crippen LogP contribution is -2.06. The fourth-order valence-electron chi connectivity index (χ4n) is 2.28. The van der Waals surface area contributed by atoms with Crippen molar-refractivity contribution in [2.75, 3.05) is 0 Å². The summed E-state index contributed by atoms with van der Waals surface area (Å²) in [4.78, 5) is 4.55. The van der Waals surface area contributed by atoms with Gasteiger partial charge in [0.2, 0.25) is 0 Å². The lowest BCUT2D eigenvalue weighted by molar-refractivity contribution is 0.850. The van der Waals surface area contributed by atoms with Crippen molar-refractivity contribution in [3.8, 4) is 0 Å². The topological polar surface area (TPSA) is 12.4 Å². The van der Waals surface area contributed by atoms with Gasteiger partial charge < -0.3 is 0 Å². The average molecular weight is 307 g/mol. The first-order valence-electron chi connectivity index (χ1n) is 8.61. The molecule has 0 spiro atoms. The summed E-state index contributed by atoms with van der Waals surface area (Å²) in [6, 6.07) is 8.00. The van der Waals surface area contributed by atoms with Crippen molar-refractivity contribution in [1.29, 1.82) is 0 Å². The highest BCUT2D eigenvalue weighted by Crippen LogP contribution is 2.24. The smallest absolute Gasteiger partial charge is 0.113 e. The molecule has 0 bridgehead atoms. The predicted octanol–water partition coefficient (Wildman–Crippen LogP) is 5.18. The van der Waals surface area contributed by atoms with Crippen LogP contribution in [0.15, 0.2) is 64.8 Å². The van der Waals surface area contributed by atoms with E-state index in [1.54, 1.807) is 0 Å². The Labute approximate surface area is 144 Å². The van der Waals surface area contributed by atoms with E-state index >= 15 is 0 Å². The van der Waals surface area contributed by atoms with Crippen LogP contribution in [0, 0.1) is 5.92 Å². The molecule has 1 atom stereocenters. The fraction of sp³-hybridized carbons (Fsp3) is 0.381. The van der Waals surface area contributed by atoms with Gasteiger partial charge in [0, 0.05) is 24.3 Å². The van der Waals surface area contributed by atoms with E-state index in [4.69, 9.17) is 7.85 Å². The van der Waals surface area contributed by atoms with Crippen LogP contribution in [0.5, 0.6) is 0 Å². The number of rotatable bonds is 3. The SMILES string of the molecule is CC.CC.[B]c1cccc(C/C(N=CC)=C2\C=CC=CC2C)c1. The molecule has 0 fully saturated rings.